The molecule has 0 saturated carbocycles. The minimum absolute atomic E-state index is 0.148. The fraction of sp³-hybridized carbons (Fsp3) is 0.185. The Labute approximate surface area is 200 Å². The first-order valence-corrected chi connectivity index (χ1v) is 11.1. The topological polar surface area (TPSA) is 49.9 Å². The van der Waals surface area contributed by atoms with Crippen LogP contribution in [-0.4, -0.2) is 28.9 Å². The van der Waals surface area contributed by atoms with Gasteiger partial charge < -0.3 is 0 Å². The van der Waals surface area contributed by atoms with Crippen molar-refractivity contribution in [1.82, 2.24) is 4.90 Å². The zero-order chi connectivity index (χ0) is 24.6. The molecule has 0 aliphatic carbocycles. The number of carbonyl (C=O) groups excluding carboxylic acids is 2. The summed E-state index contributed by atoms with van der Waals surface area (Å²) in [5, 5.41) is 1.53. The van der Waals surface area contributed by atoms with Gasteiger partial charge in [-0.2, -0.15) is 13.2 Å². The average molecular weight is 478 g/mol. The van der Waals surface area contributed by atoms with E-state index in [1.807, 2.05) is 48.5 Å². The molecule has 2 heterocycles. The highest BCUT2D eigenvalue weighted by Gasteiger charge is 2.58. The molecule has 0 radical (unpaired) electrons. The summed E-state index contributed by atoms with van der Waals surface area (Å²) in [5.74, 6) is -1.53. The van der Waals surface area contributed by atoms with E-state index in [4.69, 9.17) is 4.84 Å². The lowest BCUT2D eigenvalue weighted by Crippen LogP contribution is -2.39. The summed E-state index contributed by atoms with van der Waals surface area (Å²) in [6.45, 7) is 0.148. The van der Waals surface area contributed by atoms with Gasteiger partial charge in [-0.25, -0.2) is 5.06 Å². The van der Waals surface area contributed by atoms with Crippen LogP contribution in [0.15, 0.2) is 91.0 Å². The molecule has 3 atom stereocenters. The van der Waals surface area contributed by atoms with E-state index in [1.54, 1.807) is 24.3 Å². The van der Waals surface area contributed by atoms with E-state index in [0.717, 1.165) is 17.7 Å². The molecular weight excluding hydrogens is 457 g/mol. The van der Waals surface area contributed by atoms with Crippen LogP contribution in [0.2, 0.25) is 0 Å². The Balaban J connectivity index is 1.44. The Morgan fingerprint density at radius 1 is 0.829 bits per heavy atom. The molecule has 35 heavy (non-hydrogen) atoms. The maximum Gasteiger partial charge on any atom is 0.416 e. The van der Waals surface area contributed by atoms with Gasteiger partial charge in [0.1, 0.15) is 5.92 Å². The first kappa shape index (κ1) is 22.9. The third kappa shape index (κ3) is 4.44. The van der Waals surface area contributed by atoms with Gasteiger partial charge in [0.05, 0.1) is 23.8 Å². The molecule has 3 aromatic carbocycles. The molecule has 8 heteroatoms. The zero-order valence-electron chi connectivity index (χ0n) is 18.4. The molecule has 0 spiro atoms. The largest absolute Gasteiger partial charge is 0.416 e. The standard InChI is InChI=1S/C27H21F3N2O3/c28-27(29,30)20-14-11-18(12-15-20)13-16-22-23-24(35-32(22)21-9-5-2-6-10-21)26(34)31(25(23)33)17-19-7-3-1-4-8-19/h1-16,22-24H,17H2/b16-13+/t22-,23-,24+/m0/s1. The molecule has 2 aliphatic rings. The van der Waals surface area contributed by atoms with Gasteiger partial charge >= 0.3 is 6.18 Å². The van der Waals surface area contributed by atoms with Crippen molar-refractivity contribution in [2.24, 2.45) is 5.92 Å². The molecule has 0 bridgehead atoms. The lowest BCUT2D eigenvalue weighted by molar-refractivity contribution is -0.143. The summed E-state index contributed by atoms with van der Waals surface area (Å²) in [7, 11) is 0. The number of nitrogens with zero attached hydrogens (tertiary/aromatic N) is 2. The van der Waals surface area contributed by atoms with E-state index in [1.165, 1.54) is 22.1 Å². The normalized spacial score (nSPS) is 22.3. The third-order valence-electron chi connectivity index (χ3n) is 6.17. The molecule has 2 fully saturated rings. The lowest BCUT2D eigenvalue weighted by atomic mass is 9.95. The number of hydrogen-bond acceptors (Lipinski definition) is 4. The van der Waals surface area contributed by atoms with Crippen molar-refractivity contribution in [3.63, 3.8) is 0 Å². The summed E-state index contributed by atoms with van der Waals surface area (Å²) in [5.41, 5.74) is 1.29. The fourth-order valence-corrected chi connectivity index (χ4v) is 4.42. The monoisotopic (exact) mass is 478 g/mol. The van der Waals surface area contributed by atoms with Gasteiger partial charge in [-0.3, -0.25) is 19.3 Å². The van der Waals surface area contributed by atoms with Crippen LogP contribution in [0.3, 0.4) is 0 Å². The highest BCUT2D eigenvalue weighted by atomic mass is 19.4. The number of anilines is 1. The number of halogens is 3. The minimum Gasteiger partial charge on any atom is -0.275 e. The Hall–Kier alpha value is -3.91. The predicted octanol–water partition coefficient (Wildman–Crippen LogP) is 5.09. The van der Waals surface area contributed by atoms with Crippen LogP contribution in [0.25, 0.3) is 6.08 Å². The lowest BCUT2D eigenvalue weighted by Gasteiger charge is -2.26. The molecule has 2 saturated heterocycles. The van der Waals surface area contributed by atoms with Crippen LogP contribution < -0.4 is 5.06 Å². The van der Waals surface area contributed by atoms with Gasteiger partial charge in [0.15, 0.2) is 6.10 Å². The van der Waals surface area contributed by atoms with E-state index < -0.39 is 35.7 Å². The molecule has 3 aromatic rings. The number of amides is 2. The molecule has 5 nitrogen and oxygen atoms in total. The Morgan fingerprint density at radius 3 is 2.09 bits per heavy atom. The number of rotatable bonds is 5. The molecule has 2 aliphatic heterocycles. The van der Waals surface area contributed by atoms with Crippen molar-refractivity contribution < 1.29 is 27.6 Å². The van der Waals surface area contributed by atoms with Crippen LogP contribution in [0, 0.1) is 5.92 Å². The SMILES string of the molecule is O=C1[C@@H]2[C@@H](ON(c3ccccc3)[C@H]2/C=C/c2ccc(C(F)(F)F)cc2)C(=O)N1Cc1ccccc1. The van der Waals surface area contributed by atoms with Gasteiger partial charge in [-0.15, -0.1) is 0 Å². The maximum atomic E-state index is 13.4. The van der Waals surface area contributed by atoms with Gasteiger partial charge in [0.25, 0.3) is 5.91 Å². The highest BCUT2D eigenvalue weighted by Crippen LogP contribution is 2.40. The molecule has 178 valence electrons. The quantitative estimate of drug-likeness (QED) is 0.480. The van der Waals surface area contributed by atoms with Crippen molar-refractivity contribution in [2.45, 2.75) is 24.9 Å². The van der Waals surface area contributed by atoms with Gasteiger partial charge in [0, 0.05) is 0 Å². The van der Waals surface area contributed by atoms with Crippen LogP contribution in [0.4, 0.5) is 18.9 Å². The highest BCUT2D eigenvalue weighted by molar-refractivity contribution is 6.07. The summed E-state index contributed by atoms with van der Waals surface area (Å²) in [6, 6.07) is 22.4. The van der Waals surface area contributed by atoms with Crippen molar-refractivity contribution in [3.05, 3.63) is 108 Å². The summed E-state index contributed by atoms with van der Waals surface area (Å²) in [6.07, 6.45) is -2.05. The van der Waals surface area contributed by atoms with Gasteiger partial charge in [0.2, 0.25) is 5.91 Å². The molecule has 2 amide bonds. The number of carbonyl (C=O) groups is 2. The van der Waals surface area contributed by atoms with E-state index >= 15 is 0 Å². The molecule has 0 unspecified atom stereocenters. The molecule has 5 rings (SSSR count). The van der Waals surface area contributed by atoms with E-state index in [9.17, 15) is 22.8 Å². The Kier molecular flexibility index (Phi) is 5.90. The number of para-hydroxylation sites is 1. The van der Waals surface area contributed by atoms with Crippen molar-refractivity contribution >= 4 is 23.6 Å². The van der Waals surface area contributed by atoms with Crippen molar-refractivity contribution in [1.29, 1.82) is 0 Å². The first-order chi connectivity index (χ1) is 16.8. The number of hydrogen-bond donors (Lipinski definition) is 0. The van der Waals surface area contributed by atoms with Crippen molar-refractivity contribution in [2.75, 3.05) is 5.06 Å². The predicted molar refractivity (Wildman–Crippen MR) is 124 cm³/mol. The number of likely N-dealkylation sites (tertiary alicyclic amines) is 1. The second kappa shape index (κ2) is 9.03. The maximum absolute atomic E-state index is 13.4. The zero-order valence-corrected chi connectivity index (χ0v) is 18.4. The number of hydroxylamine groups is 1. The summed E-state index contributed by atoms with van der Waals surface area (Å²) < 4.78 is 38.7. The van der Waals surface area contributed by atoms with Crippen molar-refractivity contribution in [3.8, 4) is 0 Å². The second-order valence-electron chi connectivity index (χ2n) is 8.43. The Morgan fingerprint density at radius 2 is 1.46 bits per heavy atom. The number of benzene rings is 3. The third-order valence-corrected chi connectivity index (χ3v) is 6.17. The fourth-order valence-electron chi connectivity index (χ4n) is 4.42. The van der Waals surface area contributed by atoms with Gasteiger partial charge in [-0.05, 0) is 35.4 Å². The summed E-state index contributed by atoms with van der Waals surface area (Å²) in [4.78, 5) is 33.8. The smallest absolute Gasteiger partial charge is 0.275 e. The van der Waals surface area contributed by atoms with E-state index in [0.29, 0.717) is 11.3 Å². The number of imide groups is 1. The van der Waals surface area contributed by atoms with E-state index in [2.05, 4.69) is 0 Å². The van der Waals surface area contributed by atoms with Crippen LogP contribution >= 0.6 is 0 Å². The minimum atomic E-state index is -4.42. The Bertz CT molecular complexity index is 1240. The van der Waals surface area contributed by atoms with E-state index in [-0.39, 0.29) is 12.5 Å². The van der Waals surface area contributed by atoms with Crippen LogP contribution in [0.1, 0.15) is 16.7 Å². The molecular formula is C27H21F3N2O3. The van der Waals surface area contributed by atoms with Crippen LogP contribution in [0.5, 0.6) is 0 Å². The first-order valence-electron chi connectivity index (χ1n) is 11.1. The van der Waals surface area contributed by atoms with Crippen LogP contribution in [-0.2, 0) is 27.1 Å². The molecule has 0 N–H and O–H groups in total. The second-order valence-corrected chi connectivity index (χ2v) is 8.43. The number of alkyl halides is 3. The molecule has 0 aromatic heterocycles. The number of fused-ring (bicyclic) bond motifs is 1. The van der Waals surface area contributed by atoms with Gasteiger partial charge in [-0.1, -0.05) is 72.8 Å². The average Bonchev–Trinajstić information content (AvgIpc) is 3.35. The summed E-state index contributed by atoms with van der Waals surface area (Å²) >= 11 is 0.